The molecule has 0 bridgehead atoms. The Labute approximate surface area is 95.9 Å². The minimum atomic E-state index is -0.233. The second-order valence-electron chi connectivity index (χ2n) is 3.58. The SMILES string of the molecule is CCN(CCO)c1c(F)cccc1CNC. The zero-order valence-corrected chi connectivity index (χ0v) is 9.83. The first-order valence-electron chi connectivity index (χ1n) is 5.52. The van der Waals surface area contributed by atoms with E-state index in [2.05, 4.69) is 5.32 Å². The summed E-state index contributed by atoms with van der Waals surface area (Å²) >= 11 is 0. The summed E-state index contributed by atoms with van der Waals surface area (Å²) in [6.07, 6.45) is 0. The molecule has 2 N–H and O–H groups in total. The second-order valence-corrected chi connectivity index (χ2v) is 3.58. The Bertz CT molecular complexity index is 331. The zero-order valence-electron chi connectivity index (χ0n) is 9.83. The predicted octanol–water partition coefficient (Wildman–Crippen LogP) is 1.36. The highest BCUT2D eigenvalue weighted by atomic mass is 19.1. The summed E-state index contributed by atoms with van der Waals surface area (Å²) in [6, 6.07) is 5.06. The van der Waals surface area contributed by atoms with Crippen molar-refractivity contribution in [3.05, 3.63) is 29.6 Å². The van der Waals surface area contributed by atoms with Crippen LogP contribution in [0.4, 0.5) is 10.1 Å². The number of nitrogens with one attached hydrogen (secondary N) is 1. The quantitative estimate of drug-likeness (QED) is 0.769. The monoisotopic (exact) mass is 226 g/mol. The van der Waals surface area contributed by atoms with Crippen molar-refractivity contribution in [3.8, 4) is 0 Å². The molecule has 1 aromatic rings. The molecule has 0 fully saturated rings. The molecule has 90 valence electrons. The molecule has 0 aliphatic carbocycles. The summed E-state index contributed by atoms with van der Waals surface area (Å²) in [5.41, 5.74) is 1.51. The molecule has 1 aromatic carbocycles. The van der Waals surface area contributed by atoms with Crippen LogP contribution in [0.5, 0.6) is 0 Å². The summed E-state index contributed by atoms with van der Waals surface area (Å²) in [6.45, 7) is 3.73. The molecule has 16 heavy (non-hydrogen) atoms. The van der Waals surface area contributed by atoms with Crippen LogP contribution in [0, 0.1) is 5.82 Å². The molecule has 0 saturated carbocycles. The van der Waals surface area contributed by atoms with Gasteiger partial charge in [0, 0.05) is 19.6 Å². The van der Waals surface area contributed by atoms with Gasteiger partial charge in [-0.2, -0.15) is 0 Å². The van der Waals surface area contributed by atoms with Crippen LogP contribution < -0.4 is 10.2 Å². The maximum atomic E-state index is 13.8. The van der Waals surface area contributed by atoms with Crippen molar-refractivity contribution in [2.24, 2.45) is 0 Å². The fourth-order valence-corrected chi connectivity index (χ4v) is 1.80. The van der Waals surface area contributed by atoms with E-state index in [0.29, 0.717) is 25.3 Å². The van der Waals surface area contributed by atoms with E-state index < -0.39 is 0 Å². The second kappa shape index (κ2) is 6.45. The number of rotatable bonds is 6. The van der Waals surface area contributed by atoms with Crippen LogP contribution in [0.2, 0.25) is 0 Å². The lowest BCUT2D eigenvalue weighted by molar-refractivity contribution is 0.302. The fraction of sp³-hybridized carbons (Fsp3) is 0.500. The molecule has 3 nitrogen and oxygen atoms in total. The van der Waals surface area contributed by atoms with Crippen LogP contribution >= 0.6 is 0 Å². The molecule has 0 heterocycles. The number of halogens is 1. The molecule has 0 aliphatic heterocycles. The maximum absolute atomic E-state index is 13.8. The Morgan fingerprint density at radius 1 is 1.44 bits per heavy atom. The van der Waals surface area contributed by atoms with Crippen LogP contribution in [0.3, 0.4) is 0 Å². The van der Waals surface area contributed by atoms with E-state index in [1.165, 1.54) is 6.07 Å². The van der Waals surface area contributed by atoms with Crippen molar-refractivity contribution < 1.29 is 9.50 Å². The number of likely N-dealkylation sites (N-methyl/N-ethyl adjacent to an activating group) is 1. The van der Waals surface area contributed by atoms with E-state index in [1.807, 2.05) is 24.9 Å². The Balaban J connectivity index is 3.06. The van der Waals surface area contributed by atoms with Crippen molar-refractivity contribution in [1.82, 2.24) is 5.32 Å². The highest BCUT2D eigenvalue weighted by Gasteiger charge is 2.13. The van der Waals surface area contributed by atoms with E-state index in [9.17, 15) is 4.39 Å². The summed E-state index contributed by atoms with van der Waals surface area (Å²) in [5, 5.41) is 12.0. The Morgan fingerprint density at radius 3 is 2.75 bits per heavy atom. The van der Waals surface area contributed by atoms with Gasteiger partial charge in [0.2, 0.25) is 0 Å². The highest BCUT2D eigenvalue weighted by Crippen LogP contribution is 2.24. The minimum Gasteiger partial charge on any atom is -0.395 e. The maximum Gasteiger partial charge on any atom is 0.146 e. The van der Waals surface area contributed by atoms with Crippen LogP contribution in [-0.2, 0) is 6.54 Å². The average Bonchev–Trinajstić information content (AvgIpc) is 2.28. The first-order valence-corrected chi connectivity index (χ1v) is 5.52. The smallest absolute Gasteiger partial charge is 0.146 e. The van der Waals surface area contributed by atoms with E-state index >= 15 is 0 Å². The third-order valence-corrected chi connectivity index (χ3v) is 2.51. The average molecular weight is 226 g/mol. The number of aliphatic hydroxyl groups is 1. The van der Waals surface area contributed by atoms with Gasteiger partial charge in [0.1, 0.15) is 5.82 Å². The first kappa shape index (κ1) is 12.9. The van der Waals surface area contributed by atoms with Gasteiger partial charge in [-0.05, 0) is 25.6 Å². The number of benzene rings is 1. The van der Waals surface area contributed by atoms with E-state index in [1.54, 1.807) is 6.07 Å². The lowest BCUT2D eigenvalue weighted by atomic mass is 10.1. The van der Waals surface area contributed by atoms with Gasteiger partial charge in [-0.3, -0.25) is 0 Å². The lowest BCUT2D eigenvalue weighted by Crippen LogP contribution is -2.28. The normalized spacial score (nSPS) is 10.5. The van der Waals surface area contributed by atoms with Crippen molar-refractivity contribution in [2.75, 3.05) is 31.6 Å². The van der Waals surface area contributed by atoms with Crippen molar-refractivity contribution in [3.63, 3.8) is 0 Å². The molecular weight excluding hydrogens is 207 g/mol. The van der Waals surface area contributed by atoms with Crippen molar-refractivity contribution >= 4 is 5.69 Å². The van der Waals surface area contributed by atoms with Gasteiger partial charge in [0.15, 0.2) is 0 Å². The Morgan fingerprint density at radius 2 is 2.19 bits per heavy atom. The van der Waals surface area contributed by atoms with Gasteiger partial charge in [-0.25, -0.2) is 4.39 Å². The molecular formula is C12H19FN2O. The van der Waals surface area contributed by atoms with E-state index in [4.69, 9.17) is 5.11 Å². The van der Waals surface area contributed by atoms with Gasteiger partial charge in [0.25, 0.3) is 0 Å². The molecule has 0 spiro atoms. The van der Waals surface area contributed by atoms with E-state index in [0.717, 1.165) is 5.56 Å². The number of nitrogens with zero attached hydrogens (tertiary/aromatic N) is 1. The fourth-order valence-electron chi connectivity index (χ4n) is 1.80. The number of anilines is 1. The number of hydrogen-bond donors (Lipinski definition) is 2. The summed E-state index contributed by atoms with van der Waals surface area (Å²) in [5.74, 6) is -0.233. The molecule has 0 unspecified atom stereocenters. The van der Waals surface area contributed by atoms with Crippen LogP contribution in [0.15, 0.2) is 18.2 Å². The number of para-hydroxylation sites is 1. The Kier molecular flexibility index (Phi) is 5.22. The molecule has 4 heteroatoms. The zero-order chi connectivity index (χ0) is 12.0. The van der Waals surface area contributed by atoms with Gasteiger partial charge in [-0.15, -0.1) is 0 Å². The van der Waals surface area contributed by atoms with Gasteiger partial charge in [-0.1, -0.05) is 12.1 Å². The standard InChI is InChI=1S/C12H19FN2O/c1-3-15(7-8-16)12-10(9-14-2)5-4-6-11(12)13/h4-6,14,16H,3,7-9H2,1-2H3. The number of aliphatic hydroxyl groups excluding tert-OH is 1. The highest BCUT2D eigenvalue weighted by molar-refractivity contribution is 5.54. The predicted molar refractivity (Wildman–Crippen MR) is 64.1 cm³/mol. The van der Waals surface area contributed by atoms with Crippen LogP contribution in [0.25, 0.3) is 0 Å². The molecule has 0 saturated heterocycles. The summed E-state index contributed by atoms with van der Waals surface area (Å²) < 4.78 is 13.8. The van der Waals surface area contributed by atoms with Crippen LogP contribution in [-0.4, -0.2) is 31.9 Å². The third-order valence-electron chi connectivity index (χ3n) is 2.51. The largest absolute Gasteiger partial charge is 0.395 e. The van der Waals surface area contributed by atoms with Crippen LogP contribution in [0.1, 0.15) is 12.5 Å². The van der Waals surface area contributed by atoms with Crippen molar-refractivity contribution in [2.45, 2.75) is 13.5 Å². The molecule has 1 rings (SSSR count). The third kappa shape index (κ3) is 2.93. The topological polar surface area (TPSA) is 35.5 Å². The van der Waals surface area contributed by atoms with Gasteiger partial charge < -0.3 is 15.3 Å². The summed E-state index contributed by atoms with van der Waals surface area (Å²) in [7, 11) is 1.83. The molecule has 0 atom stereocenters. The van der Waals surface area contributed by atoms with Crippen molar-refractivity contribution in [1.29, 1.82) is 0 Å². The molecule has 0 aliphatic rings. The lowest BCUT2D eigenvalue weighted by Gasteiger charge is -2.25. The molecule has 0 amide bonds. The Hall–Kier alpha value is -1.13. The molecule has 0 aromatic heterocycles. The first-order chi connectivity index (χ1) is 7.74. The minimum absolute atomic E-state index is 0.0289. The summed E-state index contributed by atoms with van der Waals surface area (Å²) in [4.78, 5) is 1.85. The van der Waals surface area contributed by atoms with E-state index in [-0.39, 0.29) is 12.4 Å². The van der Waals surface area contributed by atoms with Gasteiger partial charge >= 0.3 is 0 Å². The number of hydrogen-bond acceptors (Lipinski definition) is 3. The molecule has 0 radical (unpaired) electrons. The van der Waals surface area contributed by atoms with Gasteiger partial charge in [0.05, 0.1) is 12.3 Å².